The second-order valence-electron chi connectivity index (χ2n) is 6.22. The van der Waals surface area contributed by atoms with Crippen molar-refractivity contribution in [2.75, 3.05) is 5.73 Å². The maximum Gasteiger partial charge on any atom is 0.416 e. The first-order chi connectivity index (χ1) is 12.3. The third-order valence-corrected chi connectivity index (χ3v) is 5.49. The summed E-state index contributed by atoms with van der Waals surface area (Å²) < 4.78 is 38.9. The Morgan fingerprint density at radius 3 is 2.42 bits per heavy atom. The van der Waals surface area contributed by atoms with Crippen molar-refractivity contribution >= 4 is 16.3 Å². The molecule has 6 heteroatoms. The van der Waals surface area contributed by atoms with Crippen LogP contribution in [0, 0.1) is 0 Å². The molecule has 136 valence electrons. The number of nitrogens with two attached hydrogens (primary N) is 1. The highest BCUT2D eigenvalue weighted by Crippen LogP contribution is 2.48. The number of alkyl halides is 3. The van der Waals surface area contributed by atoms with Gasteiger partial charge in [0.1, 0.15) is 5.75 Å². The van der Waals surface area contributed by atoms with Gasteiger partial charge in [0.15, 0.2) is 0 Å². The minimum absolute atomic E-state index is 0.00995. The van der Waals surface area contributed by atoms with Gasteiger partial charge in [-0.25, -0.2) is 0 Å². The van der Waals surface area contributed by atoms with Gasteiger partial charge in [-0.2, -0.15) is 13.2 Å². The molecule has 1 aromatic heterocycles. The van der Waals surface area contributed by atoms with E-state index in [0.717, 1.165) is 17.7 Å². The predicted octanol–water partition coefficient (Wildman–Crippen LogP) is 6.07. The molecule has 0 radical (unpaired) electrons. The number of hydrogen-bond acceptors (Lipinski definition) is 3. The highest BCUT2D eigenvalue weighted by Gasteiger charge is 2.31. The van der Waals surface area contributed by atoms with Crippen LogP contribution < -0.4 is 5.73 Å². The molecule has 0 aliphatic heterocycles. The van der Waals surface area contributed by atoms with Gasteiger partial charge in [-0.15, -0.1) is 11.3 Å². The van der Waals surface area contributed by atoms with Gasteiger partial charge >= 0.3 is 6.18 Å². The van der Waals surface area contributed by atoms with Crippen molar-refractivity contribution in [3.8, 4) is 16.9 Å². The summed E-state index contributed by atoms with van der Waals surface area (Å²) in [6.07, 6.45) is -3.74. The second kappa shape index (κ2) is 7.03. The van der Waals surface area contributed by atoms with E-state index in [-0.39, 0.29) is 22.8 Å². The molecular formula is C20H18F3NOS. The summed E-state index contributed by atoms with van der Waals surface area (Å²) in [5.74, 6) is -0.0421. The molecule has 2 aromatic carbocycles. The molecule has 0 saturated carbocycles. The number of hydrogen-bond donors (Lipinski definition) is 2. The van der Waals surface area contributed by atoms with E-state index in [2.05, 4.69) is 0 Å². The van der Waals surface area contributed by atoms with E-state index >= 15 is 0 Å². The van der Waals surface area contributed by atoms with E-state index in [1.807, 2.05) is 37.3 Å². The minimum atomic E-state index is -4.44. The van der Waals surface area contributed by atoms with Crippen LogP contribution in [0.1, 0.15) is 28.8 Å². The number of halogens is 3. The maximum atomic E-state index is 13.0. The zero-order valence-corrected chi connectivity index (χ0v) is 14.9. The van der Waals surface area contributed by atoms with Crippen LogP contribution in [0.2, 0.25) is 0 Å². The molecule has 26 heavy (non-hydrogen) atoms. The van der Waals surface area contributed by atoms with E-state index in [1.165, 1.54) is 23.5 Å². The third-order valence-electron chi connectivity index (χ3n) is 4.25. The molecule has 3 N–H and O–H groups in total. The van der Waals surface area contributed by atoms with Crippen molar-refractivity contribution in [2.24, 2.45) is 0 Å². The van der Waals surface area contributed by atoms with Gasteiger partial charge < -0.3 is 10.8 Å². The molecule has 3 rings (SSSR count). The summed E-state index contributed by atoms with van der Waals surface area (Å²) >= 11 is 1.22. The summed E-state index contributed by atoms with van der Waals surface area (Å²) in [7, 11) is 0. The number of benzene rings is 2. The number of nitrogen functional groups attached to an aromatic ring is 1. The van der Waals surface area contributed by atoms with Crippen LogP contribution in [0.5, 0.6) is 5.75 Å². The van der Waals surface area contributed by atoms with Crippen molar-refractivity contribution in [1.29, 1.82) is 0 Å². The fraction of sp³-hybridized carbons (Fsp3) is 0.200. The van der Waals surface area contributed by atoms with Gasteiger partial charge in [0.25, 0.3) is 0 Å². The summed E-state index contributed by atoms with van der Waals surface area (Å²) in [6.45, 7) is 1.97. The van der Waals surface area contributed by atoms with E-state index in [1.54, 1.807) is 0 Å². The zero-order chi connectivity index (χ0) is 18.9. The minimum Gasteiger partial charge on any atom is -0.506 e. The van der Waals surface area contributed by atoms with Gasteiger partial charge in [-0.1, -0.05) is 49.4 Å². The Morgan fingerprint density at radius 2 is 1.77 bits per heavy atom. The summed E-state index contributed by atoms with van der Waals surface area (Å²) in [5.41, 5.74) is 6.94. The normalized spacial score (nSPS) is 12.9. The van der Waals surface area contributed by atoms with E-state index in [0.29, 0.717) is 16.3 Å². The standard InChI is InChI=1S/C20H18F3NOS/c1-12(10-13-6-3-2-4-7-13)18-17(25)16(19(24)26-18)14-8-5-9-15(11-14)20(21,22)23/h2-9,11-12,25H,10,24H2,1H3. The van der Waals surface area contributed by atoms with Crippen molar-refractivity contribution in [1.82, 2.24) is 0 Å². The quantitative estimate of drug-likeness (QED) is 0.580. The first-order valence-corrected chi connectivity index (χ1v) is 8.91. The third kappa shape index (κ3) is 3.70. The molecule has 0 amide bonds. The molecule has 2 nitrogen and oxygen atoms in total. The number of rotatable bonds is 4. The van der Waals surface area contributed by atoms with E-state index in [4.69, 9.17) is 5.73 Å². The average molecular weight is 377 g/mol. The highest BCUT2D eigenvalue weighted by atomic mass is 32.1. The average Bonchev–Trinajstić information content (AvgIpc) is 2.90. The van der Waals surface area contributed by atoms with Crippen LogP contribution in [0.15, 0.2) is 54.6 Å². The molecule has 0 fully saturated rings. The Bertz CT molecular complexity index is 903. The van der Waals surface area contributed by atoms with Crippen molar-refractivity contribution < 1.29 is 18.3 Å². The maximum absolute atomic E-state index is 13.0. The molecule has 0 bridgehead atoms. The van der Waals surface area contributed by atoms with Gasteiger partial charge in [0.05, 0.1) is 21.0 Å². The second-order valence-corrected chi connectivity index (χ2v) is 7.31. The van der Waals surface area contributed by atoms with Gasteiger partial charge in [0, 0.05) is 0 Å². The monoisotopic (exact) mass is 377 g/mol. The largest absolute Gasteiger partial charge is 0.506 e. The lowest BCUT2D eigenvalue weighted by molar-refractivity contribution is -0.137. The van der Waals surface area contributed by atoms with Gasteiger partial charge in [-0.3, -0.25) is 0 Å². The molecule has 0 saturated heterocycles. The summed E-state index contributed by atoms with van der Waals surface area (Å²) in [5, 5.41) is 11.0. The number of aromatic hydroxyl groups is 1. The van der Waals surface area contributed by atoms with Gasteiger partial charge in [-0.05, 0) is 35.6 Å². The fourth-order valence-electron chi connectivity index (χ4n) is 2.98. The number of anilines is 1. The molecular weight excluding hydrogens is 359 g/mol. The van der Waals surface area contributed by atoms with Crippen LogP contribution in [0.3, 0.4) is 0 Å². The molecule has 3 aromatic rings. The Labute approximate surface area is 153 Å². The topological polar surface area (TPSA) is 46.2 Å². The molecule has 0 spiro atoms. The van der Waals surface area contributed by atoms with Crippen LogP contribution in [-0.2, 0) is 12.6 Å². The molecule has 0 aliphatic rings. The smallest absolute Gasteiger partial charge is 0.416 e. The Morgan fingerprint density at radius 1 is 1.08 bits per heavy atom. The SMILES string of the molecule is CC(Cc1ccccc1)c1sc(N)c(-c2cccc(C(F)(F)F)c2)c1O. The van der Waals surface area contributed by atoms with E-state index in [9.17, 15) is 18.3 Å². The van der Waals surface area contributed by atoms with Crippen molar-refractivity contribution in [3.63, 3.8) is 0 Å². The summed E-state index contributed by atoms with van der Waals surface area (Å²) in [4.78, 5) is 0.679. The molecule has 0 aliphatic carbocycles. The van der Waals surface area contributed by atoms with Crippen LogP contribution >= 0.6 is 11.3 Å². The van der Waals surface area contributed by atoms with Crippen LogP contribution in [0.25, 0.3) is 11.1 Å². The molecule has 1 atom stereocenters. The zero-order valence-electron chi connectivity index (χ0n) is 14.0. The number of thiophene rings is 1. The van der Waals surface area contributed by atoms with Crippen molar-refractivity contribution in [2.45, 2.75) is 25.4 Å². The molecule has 1 heterocycles. The molecule has 1 unspecified atom stereocenters. The van der Waals surface area contributed by atoms with Crippen LogP contribution in [0.4, 0.5) is 18.2 Å². The van der Waals surface area contributed by atoms with Crippen molar-refractivity contribution in [3.05, 3.63) is 70.6 Å². The van der Waals surface area contributed by atoms with Crippen LogP contribution in [-0.4, -0.2) is 5.11 Å². The lowest BCUT2D eigenvalue weighted by Crippen LogP contribution is -2.04. The Kier molecular flexibility index (Phi) is 4.96. The lowest BCUT2D eigenvalue weighted by Gasteiger charge is -2.11. The Hall–Kier alpha value is -2.47. The summed E-state index contributed by atoms with van der Waals surface area (Å²) in [6, 6.07) is 14.7. The fourth-order valence-corrected chi connectivity index (χ4v) is 4.02. The Balaban J connectivity index is 1.96. The first kappa shape index (κ1) is 18.3. The lowest BCUT2D eigenvalue weighted by atomic mass is 9.97. The van der Waals surface area contributed by atoms with Gasteiger partial charge in [0.2, 0.25) is 0 Å². The first-order valence-electron chi connectivity index (χ1n) is 8.10. The highest BCUT2D eigenvalue weighted by molar-refractivity contribution is 7.17. The van der Waals surface area contributed by atoms with E-state index < -0.39 is 11.7 Å². The predicted molar refractivity (Wildman–Crippen MR) is 99.4 cm³/mol.